The van der Waals surface area contributed by atoms with E-state index in [-0.39, 0.29) is 6.07 Å². The molecule has 5 nitrogen and oxygen atoms in total. The molecule has 1 aromatic carbocycles. The summed E-state index contributed by atoms with van der Waals surface area (Å²) >= 11 is 5.78. The Hall–Kier alpha value is -2.88. The summed E-state index contributed by atoms with van der Waals surface area (Å²) in [5, 5.41) is -0.858. The molecule has 0 radical (unpaired) electrons. The lowest BCUT2D eigenvalue weighted by molar-refractivity contribution is -0.140. The number of methoxy groups -OCH3 is 2. The van der Waals surface area contributed by atoms with E-state index in [0.717, 1.165) is 26.5 Å². The summed E-state index contributed by atoms with van der Waals surface area (Å²) in [7, 11) is 1.96. The Balaban J connectivity index is 2.83. The molecule has 150 valence electrons. The molecule has 0 aliphatic carbocycles. The summed E-state index contributed by atoms with van der Waals surface area (Å²) in [6, 6.07) is 0.175. The molecule has 0 saturated carbocycles. The van der Waals surface area contributed by atoms with Gasteiger partial charge in [0.1, 0.15) is 11.4 Å². The van der Waals surface area contributed by atoms with E-state index in [9.17, 15) is 31.5 Å². The SMILES string of the molecule is COC(=O)C1=C(C(=O)OC)N(c2c(Cl)cc(C(F)(F)F)c(F)c2F)C=CC=C1. The fourth-order valence-corrected chi connectivity index (χ4v) is 2.63. The van der Waals surface area contributed by atoms with Crippen LogP contribution in [0.1, 0.15) is 5.56 Å². The van der Waals surface area contributed by atoms with Crippen LogP contribution in [0, 0.1) is 11.6 Å². The minimum Gasteiger partial charge on any atom is -0.465 e. The van der Waals surface area contributed by atoms with E-state index in [1.54, 1.807) is 0 Å². The van der Waals surface area contributed by atoms with Crippen LogP contribution in [-0.4, -0.2) is 26.2 Å². The van der Waals surface area contributed by atoms with Crippen LogP contribution in [0.4, 0.5) is 27.6 Å². The Morgan fingerprint density at radius 2 is 1.64 bits per heavy atom. The molecular formula is C17H11ClF5NO4. The Morgan fingerprint density at radius 1 is 1.04 bits per heavy atom. The Bertz CT molecular complexity index is 921. The standard InChI is InChI=1S/C17H11ClF5NO4/c1-27-15(25)8-5-3-4-6-24(13(8)16(26)28-2)14-10(18)7-9(17(21,22)23)11(19)12(14)20/h3-7H,1-2H3. The summed E-state index contributed by atoms with van der Waals surface area (Å²) in [5.74, 6) is -6.40. The molecule has 2 rings (SSSR count). The third-order valence-electron chi connectivity index (χ3n) is 3.57. The van der Waals surface area contributed by atoms with Gasteiger partial charge in [0.05, 0.1) is 30.4 Å². The van der Waals surface area contributed by atoms with Crippen LogP contribution in [-0.2, 0) is 25.2 Å². The van der Waals surface area contributed by atoms with E-state index in [4.69, 9.17) is 11.6 Å². The number of alkyl halides is 3. The fraction of sp³-hybridized carbons (Fsp3) is 0.176. The van der Waals surface area contributed by atoms with Gasteiger partial charge in [0.2, 0.25) is 0 Å². The number of allylic oxidation sites excluding steroid dienone is 2. The zero-order valence-electron chi connectivity index (χ0n) is 14.2. The van der Waals surface area contributed by atoms with E-state index in [1.165, 1.54) is 12.2 Å². The number of benzene rings is 1. The van der Waals surface area contributed by atoms with Crippen LogP contribution in [0.2, 0.25) is 5.02 Å². The highest BCUT2D eigenvalue weighted by Crippen LogP contribution is 2.41. The number of halogens is 6. The smallest absolute Gasteiger partial charge is 0.419 e. The lowest BCUT2D eigenvalue weighted by Crippen LogP contribution is -2.28. The number of rotatable bonds is 3. The minimum absolute atomic E-state index is 0.175. The third kappa shape index (κ3) is 3.86. The normalized spacial score (nSPS) is 14.2. The number of anilines is 1. The summed E-state index contributed by atoms with van der Waals surface area (Å²) in [6.07, 6.45) is -0.607. The van der Waals surface area contributed by atoms with Crippen LogP contribution in [0.5, 0.6) is 0 Å². The van der Waals surface area contributed by atoms with E-state index in [2.05, 4.69) is 9.47 Å². The first kappa shape index (κ1) is 21.4. The fourth-order valence-electron chi connectivity index (χ4n) is 2.35. The first-order valence-corrected chi connectivity index (χ1v) is 7.72. The van der Waals surface area contributed by atoms with Gasteiger partial charge in [0, 0.05) is 6.20 Å². The van der Waals surface area contributed by atoms with Crippen molar-refractivity contribution in [3.63, 3.8) is 0 Å². The number of carbonyl (C=O) groups is 2. The molecule has 1 aliphatic rings. The molecule has 0 saturated heterocycles. The van der Waals surface area contributed by atoms with Gasteiger partial charge in [-0.2, -0.15) is 13.2 Å². The second kappa shape index (κ2) is 8.01. The second-order valence-electron chi connectivity index (χ2n) is 5.20. The molecule has 0 bridgehead atoms. The van der Waals surface area contributed by atoms with Gasteiger partial charge in [-0.1, -0.05) is 17.7 Å². The van der Waals surface area contributed by atoms with E-state index in [1.807, 2.05) is 0 Å². The van der Waals surface area contributed by atoms with Crippen molar-refractivity contribution in [1.82, 2.24) is 0 Å². The highest BCUT2D eigenvalue weighted by molar-refractivity contribution is 6.33. The summed E-state index contributed by atoms with van der Waals surface area (Å²) < 4.78 is 76.4. The monoisotopic (exact) mass is 423 g/mol. The lowest BCUT2D eigenvalue weighted by atomic mass is 10.1. The van der Waals surface area contributed by atoms with Gasteiger partial charge in [0.25, 0.3) is 0 Å². The molecule has 0 aromatic heterocycles. The molecule has 1 heterocycles. The van der Waals surface area contributed by atoms with Crippen molar-refractivity contribution in [2.24, 2.45) is 0 Å². The van der Waals surface area contributed by atoms with E-state index >= 15 is 0 Å². The number of hydrogen-bond donors (Lipinski definition) is 0. The molecular weight excluding hydrogens is 413 g/mol. The molecule has 1 aliphatic heterocycles. The molecule has 11 heteroatoms. The van der Waals surface area contributed by atoms with Crippen molar-refractivity contribution in [2.75, 3.05) is 19.1 Å². The highest BCUT2D eigenvalue weighted by Gasteiger charge is 2.39. The molecule has 0 fully saturated rings. The van der Waals surface area contributed by atoms with E-state index < -0.39 is 57.3 Å². The number of hydrogen-bond acceptors (Lipinski definition) is 5. The van der Waals surface area contributed by atoms with Crippen LogP contribution in [0.15, 0.2) is 41.8 Å². The molecule has 1 aromatic rings. The Kier molecular flexibility index (Phi) is 6.13. The first-order chi connectivity index (χ1) is 13.0. The molecule has 0 unspecified atom stereocenters. The van der Waals surface area contributed by atoms with Crippen LogP contribution in [0.25, 0.3) is 0 Å². The number of esters is 2. The maximum atomic E-state index is 14.6. The van der Waals surface area contributed by atoms with Crippen molar-refractivity contribution in [1.29, 1.82) is 0 Å². The molecule has 0 amide bonds. The predicted octanol–water partition coefficient (Wildman–Crippen LogP) is 4.13. The summed E-state index contributed by atoms with van der Waals surface area (Å²) in [5.41, 5.74) is -3.91. The van der Waals surface area contributed by atoms with Gasteiger partial charge in [-0.25, -0.2) is 18.4 Å². The van der Waals surface area contributed by atoms with Crippen molar-refractivity contribution < 1.29 is 41.0 Å². The minimum atomic E-state index is -5.21. The molecule has 28 heavy (non-hydrogen) atoms. The summed E-state index contributed by atoms with van der Waals surface area (Å²) in [4.78, 5) is 24.8. The zero-order valence-corrected chi connectivity index (χ0v) is 15.0. The van der Waals surface area contributed by atoms with Gasteiger partial charge < -0.3 is 14.4 Å². The highest BCUT2D eigenvalue weighted by atomic mass is 35.5. The maximum absolute atomic E-state index is 14.6. The Morgan fingerprint density at radius 3 is 2.18 bits per heavy atom. The van der Waals surface area contributed by atoms with Crippen molar-refractivity contribution in [2.45, 2.75) is 6.18 Å². The van der Waals surface area contributed by atoms with Crippen LogP contribution in [0.3, 0.4) is 0 Å². The van der Waals surface area contributed by atoms with Crippen LogP contribution >= 0.6 is 11.6 Å². The van der Waals surface area contributed by atoms with Gasteiger partial charge >= 0.3 is 18.1 Å². The number of carbonyl (C=O) groups excluding carboxylic acids is 2. The molecule has 0 atom stereocenters. The van der Waals surface area contributed by atoms with Crippen LogP contribution < -0.4 is 4.90 Å². The van der Waals surface area contributed by atoms with Gasteiger partial charge in [-0.15, -0.1) is 0 Å². The van der Waals surface area contributed by atoms with Crippen molar-refractivity contribution >= 4 is 29.2 Å². The quantitative estimate of drug-likeness (QED) is 0.416. The van der Waals surface area contributed by atoms with E-state index in [0.29, 0.717) is 4.90 Å². The van der Waals surface area contributed by atoms with Gasteiger partial charge in [-0.3, -0.25) is 0 Å². The topological polar surface area (TPSA) is 55.8 Å². The second-order valence-corrected chi connectivity index (χ2v) is 5.60. The van der Waals surface area contributed by atoms with Gasteiger partial charge in [-0.05, 0) is 18.2 Å². The van der Waals surface area contributed by atoms with Crippen molar-refractivity contribution in [3.05, 3.63) is 64.0 Å². The van der Waals surface area contributed by atoms with Crippen molar-refractivity contribution in [3.8, 4) is 0 Å². The average Bonchev–Trinajstić information content (AvgIpc) is 2.85. The molecule has 0 N–H and O–H groups in total. The molecule has 0 spiro atoms. The summed E-state index contributed by atoms with van der Waals surface area (Å²) in [6.45, 7) is 0. The Labute approximate surface area is 160 Å². The van der Waals surface area contributed by atoms with Gasteiger partial charge in [0.15, 0.2) is 11.6 Å². The zero-order chi connectivity index (χ0) is 21.2. The first-order valence-electron chi connectivity index (χ1n) is 7.34. The third-order valence-corrected chi connectivity index (χ3v) is 3.86. The number of nitrogens with zero attached hydrogens (tertiary/aromatic N) is 1. The lowest BCUT2D eigenvalue weighted by Gasteiger charge is -2.25. The number of ether oxygens (including phenoxy) is 2. The average molecular weight is 424 g/mol. The predicted molar refractivity (Wildman–Crippen MR) is 88.2 cm³/mol. The maximum Gasteiger partial charge on any atom is 0.419 e. The largest absolute Gasteiger partial charge is 0.465 e.